The predicted octanol–water partition coefficient (Wildman–Crippen LogP) is 0.881. The molecule has 4 nitrogen and oxygen atoms in total. The van der Waals surface area contributed by atoms with E-state index in [9.17, 15) is 0 Å². The van der Waals surface area contributed by atoms with Crippen LogP contribution in [-0.2, 0) is 0 Å². The van der Waals surface area contributed by atoms with E-state index in [1.165, 1.54) is 32.4 Å². The van der Waals surface area contributed by atoms with Crippen LogP contribution in [0.3, 0.4) is 0 Å². The van der Waals surface area contributed by atoms with E-state index >= 15 is 0 Å². The predicted molar refractivity (Wildman–Crippen MR) is 67.6 cm³/mol. The molecule has 92 valence electrons. The van der Waals surface area contributed by atoms with Crippen molar-refractivity contribution in [2.24, 2.45) is 10.7 Å². The highest BCUT2D eigenvalue weighted by molar-refractivity contribution is 5.78. The van der Waals surface area contributed by atoms with Gasteiger partial charge >= 0.3 is 0 Å². The number of guanidine groups is 1. The van der Waals surface area contributed by atoms with Gasteiger partial charge in [-0.2, -0.15) is 0 Å². The maximum absolute atomic E-state index is 6.04. The van der Waals surface area contributed by atoms with Crippen molar-refractivity contribution in [1.29, 1.82) is 0 Å². The third-order valence-corrected chi connectivity index (χ3v) is 3.62. The first-order valence-corrected chi connectivity index (χ1v) is 6.60. The summed E-state index contributed by atoms with van der Waals surface area (Å²) in [5.74, 6) is 0.760. The van der Waals surface area contributed by atoms with Crippen LogP contribution >= 0.6 is 0 Å². The summed E-state index contributed by atoms with van der Waals surface area (Å²) in [5.41, 5.74) is 6.04. The van der Waals surface area contributed by atoms with E-state index in [1.807, 2.05) is 0 Å². The largest absolute Gasteiger partial charge is 0.370 e. The number of nitrogens with two attached hydrogens (primary N) is 1. The zero-order valence-electron chi connectivity index (χ0n) is 10.4. The van der Waals surface area contributed by atoms with Crippen molar-refractivity contribution in [2.75, 3.05) is 32.7 Å². The van der Waals surface area contributed by atoms with Crippen molar-refractivity contribution < 1.29 is 0 Å². The molecule has 2 heterocycles. The smallest absolute Gasteiger partial charge is 0.191 e. The van der Waals surface area contributed by atoms with E-state index in [1.54, 1.807) is 0 Å². The Morgan fingerprint density at radius 1 is 1.31 bits per heavy atom. The first-order chi connectivity index (χ1) is 7.81. The topological polar surface area (TPSA) is 44.9 Å². The van der Waals surface area contributed by atoms with E-state index in [4.69, 9.17) is 5.73 Å². The van der Waals surface area contributed by atoms with E-state index in [0.717, 1.165) is 38.1 Å². The van der Waals surface area contributed by atoms with Crippen molar-refractivity contribution in [2.45, 2.75) is 38.6 Å². The molecule has 0 aromatic rings. The monoisotopic (exact) mass is 224 g/mol. The Morgan fingerprint density at radius 3 is 2.94 bits per heavy atom. The molecule has 16 heavy (non-hydrogen) atoms. The van der Waals surface area contributed by atoms with Crippen molar-refractivity contribution >= 4 is 5.96 Å². The fraction of sp³-hybridized carbons (Fsp3) is 0.917. The number of hydrogen-bond acceptors (Lipinski definition) is 2. The van der Waals surface area contributed by atoms with Crippen molar-refractivity contribution in [3.63, 3.8) is 0 Å². The summed E-state index contributed by atoms with van der Waals surface area (Å²) < 4.78 is 0. The third-order valence-electron chi connectivity index (χ3n) is 3.62. The number of aliphatic imine (C=N–C) groups is 1. The lowest BCUT2D eigenvalue weighted by Crippen LogP contribution is -2.43. The molecule has 0 amide bonds. The van der Waals surface area contributed by atoms with Gasteiger partial charge in [-0.15, -0.1) is 0 Å². The first-order valence-electron chi connectivity index (χ1n) is 6.60. The van der Waals surface area contributed by atoms with E-state index in [0.29, 0.717) is 0 Å². The van der Waals surface area contributed by atoms with Crippen LogP contribution in [-0.4, -0.2) is 54.5 Å². The summed E-state index contributed by atoms with van der Waals surface area (Å²) in [7, 11) is 0. The Labute approximate surface area is 98.5 Å². The summed E-state index contributed by atoms with van der Waals surface area (Å²) in [5, 5.41) is 0. The minimum absolute atomic E-state index is 0.720. The van der Waals surface area contributed by atoms with Crippen LogP contribution in [0.5, 0.6) is 0 Å². The molecule has 2 aliphatic rings. The maximum atomic E-state index is 6.04. The fourth-order valence-corrected chi connectivity index (χ4v) is 2.74. The van der Waals surface area contributed by atoms with Gasteiger partial charge in [0.25, 0.3) is 0 Å². The Morgan fingerprint density at radius 2 is 2.12 bits per heavy atom. The van der Waals surface area contributed by atoms with Gasteiger partial charge in [-0.3, -0.25) is 9.89 Å². The molecule has 0 radical (unpaired) electrons. The Balaban J connectivity index is 1.94. The van der Waals surface area contributed by atoms with Crippen molar-refractivity contribution in [1.82, 2.24) is 9.80 Å². The van der Waals surface area contributed by atoms with Crippen molar-refractivity contribution in [3.05, 3.63) is 0 Å². The van der Waals surface area contributed by atoms with Crippen LogP contribution in [0.4, 0.5) is 0 Å². The number of nitrogens with zero attached hydrogens (tertiary/aromatic N) is 3. The summed E-state index contributed by atoms with van der Waals surface area (Å²) in [6, 6.07) is 0.720. The normalized spacial score (nSPS) is 27.9. The molecule has 2 N–H and O–H groups in total. The average Bonchev–Trinajstić information content (AvgIpc) is 2.63. The summed E-state index contributed by atoms with van der Waals surface area (Å²) >= 11 is 0. The first kappa shape index (κ1) is 11.7. The molecule has 0 bridgehead atoms. The Hall–Kier alpha value is -0.770. The lowest BCUT2D eigenvalue weighted by atomic mass is 10.2. The second-order valence-corrected chi connectivity index (χ2v) is 4.87. The molecular formula is C12H24N4. The molecule has 1 atom stereocenters. The van der Waals surface area contributed by atoms with Gasteiger partial charge in [-0.25, -0.2) is 0 Å². The van der Waals surface area contributed by atoms with Gasteiger partial charge in [-0.1, -0.05) is 6.92 Å². The molecule has 2 fully saturated rings. The van der Waals surface area contributed by atoms with Crippen LogP contribution in [0.2, 0.25) is 0 Å². The van der Waals surface area contributed by atoms with Crippen LogP contribution in [0.15, 0.2) is 4.99 Å². The van der Waals surface area contributed by atoms with E-state index < -0.39 is 0 Å². The molecule has 2 aliphatic heterocycles. The third kappa shape index (κ3) is 2.67. The zero-order chi connectivity index (χ0) is 11.4. The highest BCUT2D eigenvalue weighted by Gasteiger charge is 2.29. The molecule has 0 aromatic heterocycles. The number of rotatable bonds is 2. The molecule has 0 aliphatic carbocycles. The Kier molecular flexibility index (Phi) is 4.04. The van der Waals surface area contributed by atoms with Crippen LogP contribution in [0, 0.1) is 0 Å². The lowest BCUT2D eigenvalue weighted by molar-refractivity contribution is 0.255. The van der Waals surface area contributed by atoms with Gasteiger partial charge in [-0.05, 0) is 32.2 Å². The molecule has 0 saturated carbocycles. The standard InChI is InChI=1S/C12H24N4/c1-2-6-14-12(13)16-9-4-8-15-7-3-5-11(15)10-16/h11H,2-10H2,1H3,(H2,13,14). The number of hydrogen-bond donors (Lipinski definition) is 1. The molecule has 1 unspecified atom stereocenters. The molecule has 2 rings (SSSR count). The molecule has 2 saturated heterocycles. The van der Waals surface area contributed by atoms with E-state index in [2.05, 4.69) is 21.7 Å². The van der Waals surface area contributed by atoms with Crippen LogP contribution in [0.1, 0.15) is 32.6 Å². The molecule has 4 heteroatoms. The second-order valence-electron chi connectivity index (χ2n) is 4.87. The highest BCUT2D eigenvalue weighted by atomic mass is 15.3. The van der Waals surface area contributed by atoms with Gasteiger partial charge in [0.15, 0.2) is 5.96 Å². The van der Waals surface area contributed by atoms with Gasteiger partial charge < -0.3 is 10.6 Å². The second kappa shape index (κ2) is 5.53. The summed E-state index contributed by atoms with van der Waals surface area (Å²) in [6.45, 7) is 7.67. The SMILES string of the molecule is CCCN=C(N)N1CCCN2CCCC2C1. The molecule has 0 aromatic carbocycles. The lowest BCUT2D eigenvalue weighted by Gasteiger charge is -2.26. The van der Waals surface area contributed by atoms with E-state index in [-0.39, 0.29) is 0 Å². The maximum Gasteiger partial charge on any atom is 0.191 e. The molecular weight excluding hydrogens is 200 g/mol. The average molecular weight is 224 g/mol. The fourth-order valence-electron chi connectivity index (χ4n) is 2.74. The van der Waals surface area contributed by atoms with Gasteiger partial charge in [0.05, 0.1) is 0 Å². The zero-order valence-corrected chi connectivity index (χ0v) is 10.4. The minimum Gasteiger partial charge on any atom is -0.370 e. The summed E-state index contributed by atoms with van der Waals surface area (Å²) in [6.07, 6.45) is 4.98. The van der Waals surface area contributed by atoms with Crippen LogP contribution < -0.4 is 5.73 Å². The summed E-state index contributed by atoms with van der Waals surface area (Å²) in [4.78, 5) is 9.33. The van der Waals surface area contributed by atoms with Crippen molar-refractivity contribution in [3.8, 4) is 0 Å². The Bertz CT molecular complexity index is 251. The van der Waals surface area contributed by atoms with Crippen LogP contribution in [0.25, 0.3) is 0 Å². The van der Waals surface area contributed by atoms with Gasteiger partial charge in [0.2, 0.25) is 0 Å². The quantitative estimate of drug-likeness (QED) is 0.559. The highest BCUT2D eigenvalue weighted by Crippen LogP contribution is 2.20. The minimum atomic E-state index is 0.720. The van der Waals surface area contributed by atoms with Gasteiger partial charge in [0.1, 0.15) is 0 Å². The molecule has 0 spiro atoms. The van der Waals surface area contributed by atoms with Gasteiger partial charge in [0, 0.05) is 32.2 Å². The number of fused-ring (bicyclic) bond motifs is 1.